The number of benzene rings is 1. The van der Waals surface area contributed by atoms with Crippen LogP contribution in [0.25, 0.3) is 6.08 Å². The number of fused-ring (bicyclic) bond motifs is 5. The Hall–Kier alpha value is -1.30. The summed E-state index contributed by atoms with van der Waals surface area (Å²) >= 11 is 0. The molecular weight excluding hydrogens is 312 g/mol. The summed E-state index contributed by atoms with van der Waals surface area (Å²) in [7, 11) is 0. The fraction of sp³-hybridized carbons (Fsp3) is 0.615. The first-order chi connectivity index (χ1) is 11.6. The van der Waals surface area contributed by atoms with E-state index in [1.54, 1.807) is 16.7 Å². The summed E-state index contributed by atoms with van der Waals surface area (Å²) in [5.41, 5.74) is 8.32. The SMILES string of the molecule is C.C.C=C1CCC2C3CCc4cc(CC)c(/C=C/C)cc4C3CCC12C. The minimum Gasteiger partial charge on any atom is -0.0993 e. The van der Waals surface area contributed by atoms with E-state index in [2.05, 4.69) is 51.6 Å². The molecule has 0 amide bonds. The molecule has 0 aliphatic heterocycles. The van der Waals surface area contributed by atoms with Crippen molar-refractivity contribution in [2.24, 2.45) is 17.3 Å². The van der Waals surface area contributed by atoms with Crippen molar-refractivity contribution in [2.75, 3.05) is 0 Å². The zero-order chi connectivity index (χ0) is 16.9. The van der Waals surface area contributed by atoms with Crippen LogP contribution in [0, 0.1) is 17.3 Å². The molecule has 0 aromatic heterocycles. The average Bonchev–Trinajstić information content (AvgIpc) is 2.89. The molecule has 0 heteroatoms. The van der Waals surface area contributed by atoms with Crippen LogP contribution in [0.2, 0.25) is 0 Å². The van der Waals surface area contributed by atoms with E-state index in [1.807, 2.05) is 0 Å². The lowest BCUT2D eigenvalue weighted by atomic mass is 9.55. The van der Waals surface area contributed by atoms with Crippen LogP contribution < -0.4 is 0 Å². The summed E-state index contributed by atoms with van der Waals surface area (Å²) in [5, 5.41) is 0. The predicted molar refractivity (Wildman–Crippen MR) is 118 cm³/mol. The quantitative estimate of drug-likeness (QED) is 0.473. The van der Waals surface area contributed by atoms with Crippen molar-refractivity contribution >= 4 is 6.08 Å². The maximum absolute atomic E-state index is 4.44. The van der Waals surface area contributed by atoms with Gasteiger partial charge < -0.3 is 0 Å². The van der Waals surface area contributed by atoms with E-state index >= 15 is 0 Å². The average molecular weight is 353 g/mol. The lowest BCUT2D eigenvalue weighted by Gasteiger charge is -2.49. The van der Waals surface area contributed by atoms with Crippen LogP contribution in [0.4, 0.5) is 0 Å². The number of rotatable bonds is 2. The third kappa shape index (κ3) is 3.00. The largest absolute Gasteiger partial charge is 0.0993 e. The molecule has 0 N–H and O–H groups in total. The Kier molecular flexibility index (Phi) is 6.26. The monoisotopic (exact) mass is 352 g/mol. The van der Waals surface area contributed by atoms with Gasteiger partial charge in [0, 0.05) is 0 Å². The summed E-state index contributed by atoms with van der Waals surface area (Å²) in [6.45, 7) is 11.4. The van der Waals surface area contributed by atoms with Gasteiger partial charge in [0.15, 0.2) is 0 Å². The minimum absolute atomic E-state index is 0. The Morgan fingerprint density at radius 1 is 1.15 bits per heavy atom. The molecule has 1 aromatic carbocycles. The predicted octanol–water partition coefficient (Wildman–Crippen LogP) is 7.97. The molecule has 3 aliphatic carbocycles. The number of allylic oxidation sites excluding steroid dienone is 2. The third-order valence-corrected chi connectivity index (χ3v) is 7.67. The molecule has 0 nitrogen and oxygen atoms in total. The Morgan fingerprint density at radius 3 is 2.62 bits per heavy atom. The molecule has 1 aromatic rings. The summed E-state index contributed by atoms with van der Waals surface area (Å²) in [4.78, 5) is 0. The molecule has 4 atom stereocenters. The molecule has 4 unspecified atom stereocenters. The molecule has 0 spiro atoms. The first-order valence-electron chi connectivity index (χ1n) is 10.0. The van der Waals surface area contributed by atoms with Gasteiger partial charge in [0.05, 0.1) is 0 Å². The molecular formula is C26H40. The van der Waals surface area contributed by atoms with E-state index in [9.17, 15) is 0 Å². The Labute approximate surface area is 162 Å². The normalized spacial score (nSPS) is 32.3. The number of hydrogen-bond donors (Lipinski definition) is 0. The van der Waals surface area contributed by atoms with Gasteiger partial charge in [-0.3, -0.25) is 0 Å². The lowest BCUT2D eigenvalue weighted by molar-refractivity contribution is 0.0816. The van der Waals surface area contributed by atoms with Crippen LogP contribution >= 0.6 is 0 Å². The van der Waals surface area contributed by atoms with Crippen molar-refractivity contribution in [3.05, 3.63) is 52.6 Å². The Balaban J connectivity index is 0.00000121. The maximum atomic E-state index is 4.44. The van der Waals surface area contributed by atoms with Gasteiger partial charge in [0.25, 0.3) is 0 Å². The van der Waals surface area contributed by atoms with E-state index in [-0.39, 0.29) is 14.9 Å². The maximum Gasteiger partial charge on any atom is -0.00876 e. The molecule has 0 heterocycles. The highest BCUT2D eigenvalue weighted by atomic mass is 14.6. The summed E-state index contributed by atoms with van der Waals surface area (Å²) in [5.74, 6) is 2.57. The number of aryl methyl sites for hydroxylation is 2. The summed E-state index contributed by atoms with van der Waals surface area (Å²) in [6.07, 6.45) is 13.7. The second-order valence-corrected chi connectivity index (χ2v) is 8.62. The molecule has 0 saturated heterocycles. The zero-order valence-corrected chi connectivity index (χ0v) is 15.7. The van der Waals surface area contributed by atoms with E-state index in [0.29, 0.717) is 5.41 Å². The van der Waals surface area contributed by atoms with Gasteiger partial charge in [-0.1, -0.05) is 65.1 Å². The topological polar surface area (TPSA) is 0 Å². The highest BCUT2D eigenvalue weighted by molar-refractivity contribution is 5.58. The molecule has 2 saturated carbocycles. The summed E-state index contributed by atoms with van der Waals surface area (Å²) in [6, 6.07) is 5.08. The second kappa shape index (κ2) is 7.75. The van der Waals surface area contributed by atoms with Crippen molar-refractivity contribution < 1.29 is 0 Å². The Bertz CT molecular complexity index is 692. The van der Waals surface area contributed by atoms with E-state index < -0.39 is 0 Å². The van der Waals surface area contributed by atoms with Gasteiger partial charge in [-0.15, -0.1) is 0 Å². The van der Waals surface area contributed by atoms with Crippen molar-refractivity contribution in [2.45, 2.75) is 86.5 Å². The molecule has 144 valence electrons. The highest BCUT2D eigenvalue weighted by Crippen LogP contribution is 2.62. The summed E-state index contributed by atoms with van der Waals surface area (Å²) < 4.78 is 0. The third-order valence-electron chi connectivity index (χ3n) is 7.67. The van der Waals surface area contributed by atoms with E-state index in [1.165, 1.54) is 49.7 Å². The number of hydrogen-bond acceptors (Lipinski definition) is 0. The van der Waals surface area contributed by atoms with Crippen LogP contribution in [-0.4, -0.2) is 0 Å². The molecule has 0 radical (unpaired) electrons. The fourth-order valence-corrected chi connectivity index (χ4v) is 6.24. The van der Waals surface area contributed by atoms with Crippen LogP contribution in [0.15, 0.2) is 30.4 Å². The molecule has 26 heavy (non-hydrogen) atoms. The van der Waals surface area contributed by atoms with Crippen molar-refractivity contribution in [1.82, 2.24) is 0 Å². The van der Waals surface area contributed by atoms with Crippen molar-refractivity contribution in [1.29, 1.82) is 0 Å². The zero-order valence-electron chi connectivity index (χ0n) is 15.7. The van der Waals surface area contributed by atoms with E-state index in [4.69, 9.17) is 0 Å². The van der Waals surface area contributed by atoms with Crippen molar-refractivity contribution in [3.8, 4) is 0 Å². The van der Waals surface area contributed by atoms with Gasteiger partial charge >= 0.3 is 0 Å². The van der Waals surface area contributed by atoms with Gasteiger partial charge in [0.1, 0.15) is 0 Å². The first kappa shape index (κ1) is 21.0. The fourth-order valence-electron chi connectivity index (χ4n) is 6.24. The van der Waals surface area contributed by atoms with Crippen LogP contribution in [0.1, 0.15) is 95.9 Å². The van der Waals surface area contributed by atoms with E-state index in [0.717, 1.165) is 24.2 Å². The molecule has 4 rings (SSSR count). The lowest BCUT2D eigenvalue weighted by Crippen LogP contribution is -2.40. The van der Waals surface area contributed by atoms with Crippen molar-refractivity contribution in [3.63, 3.8) is 0 Å². The molecule has 2 fully saturated rings. The standard InChI is InChI=1S/C24H32.2CH4/c1-5-7-18-15-22-19(14-17(18)6-2)9-10-21-20(22)12-13-24(4)16(3)8-11-23(21)24;;/h5,7,14-15,20-21,23H,3,6,8-13H2,1-2,4H3;2*1H4/b7-5+;;. The van der Waals surface area contributed by atoms with Crippen LogP contribution in [-0.2, 0) is 12.8 Å². The van der Waals surface area contributed by atoms with Crippen LogP contribution in [0.5, 0.6) is 0 Å². The second-order valence-electron chi connectivity index (χ2n) is 8.62. The highest BCUT2D eigenvalue weighted by Gasteiger charge is 2.51. The first-order valence-corrected chi connectivity index (χ1v) is 10.0. The van der Waals surface area contributed by atoms with Gasteiger partial charge in [-0.05, 0) is 97.3 Å². The Morgan fingerprint density at radius 2 is 1.92 bits per heavy atom. The van der Waals surface area contributed by atoms with Gasteiger partial charge in [0.2, 0.25) is 0 Å². The molecule has 3 aliphatic rings. The smallest absolute Gasteiger partial charge is 0.00876 e. The van der Waals surface area contributed by atoms with Crippen LogP contribution in [0.3, 0.4) is 0 Å². The van der Waals surface area contributed by atoms with Gasteiger partial charge in [-0.2, -0.15) is 0 Å². The molecule has 0 bridgehead atoms. The van der Waals surface area contributed by atoms with Gasteiger partial charge in [-0.25, -0.2) is 0 Å². The minimum atomic E-state index is 0.